The molecule has 2 aromatic heterocycles. The average molecular weight is 329 g/mol. The number of amides is 1. The standard InChI is InChI=1S/C18H27N5O/c1-4-23-13-14(11-20-23)12-22-10-6-5-7-16(22)15-8-9-17(21(15)3)18(24)19-2/h8-9,11,13,16H,4-7,10,12H2,1-3H3,(H,19,24)/t16-/m1/s1. The number of nitrogens with zero attached hydrogens (tertiary/aromatic N) is 4. The van der Waals surface area contributed by atoms with Gasteiger partial charge in [0, 0.05) is 44.6 Å². The Bertz CT molecular complexity index is 702. The number of aryl methyl sites for hydroxylation is 1. The summed E-state index contributed by atoms with van der Waals surface area (Å²) in [5.74, 6) is -0.0321. The monoisotopic (exact) mass is 329 g/mol. The third-order valence-corrected chi connectivity index (χ3v) is 4.97. The second-order valence-corrected chi connectivity index (χ2v) is 6.47. The van der Waals surface area contributed by atoms with Crippen LogP contribution in [0.25, 0.3) is 0 Å². The molecule has 1 amide bonds. The van der Waals surface area contributed by atoms with E-state index in [0.29, 0.717) is 6.04 Å². The average Bonchev–Trinajstić information content (AvgIpc) is 3.21. The van der Waals surface area contributed by atoms with E-state index >= 15 is 0 Å². The van der Waals surface area contributed by atoms with E-state index in [2.05, 4.69) is 34.5 Å². The van der Waals surface area contributed by atoms with Gasteiger partial charge in [-0.25, -0.2) is 0 Å². The van der Waals surface area contributed by atoms with Gasteiger partial charge in [0.25, 0.3) is 5.91 Å². The highest BCUT2D eigenvalue weighted by molar-refractivity contribution is 5.92. The van der Waals surface area contributed by atoms with Crippen molar-refractivity contribution in [2.24, 2.45) is 7.05 Å². The van der Waals surface area contributed by atoms with Crippen molar-refractivity contribution in [1.82, 2.24) is 24.6 Å². The van der Waals surface area contributed by atoms with Gasteiger partial charge in [0.2, 0.25) is 0 Å². The van der Waals surface area contributed by atoms with Crippen LogP contribution in [0.5, 0.6) is 0 Å². The van der Waals surface area contributed by atoms with Crippen molar-refractivity contribution < 1.29 is 4.79 Å². The predicted octanol–water partition coefficient (Wildman–Crippen LogP) is 2.33. The van der Waals surface area contributed by atoms with Gasteiger partial charge in [-0.15, -0.1) is 0 Å². The molecule has 2 aromatic rings. The van der Waals surface area contributed by atoms with Crippen molar-refractivity contribution in [3.05, 3.63) is 41.5 Å². The molecule has 130 valence electrons. The van der Waals surface area contributed by atoms with Crippen LogP contribution in [0.3, 0.4) is 0 Å². The first-order valence-electron chi connectivity index (χ1n) is 8.77. The van der Waals surface area contributed by atoms with Gasteiger partial charge in [-0.3, -0.25) is 14.4 Å². The van der Waals surface area contributed by atoms with E-state index in [1.807, 2.05) is 28.6 Å². The smallest absolute Gasteiger partial charge is 0.267 e. The van der Waals surface area contributed by atoms with Crippen LogP contribution in [0.15, 0.2) is 24.5 Å². The van der Waals surface area contributed by atoms with Crippen molar-refractivity contribution in [2.45, 2.75) is 45.3 Å². The number of piperidine rings is 1. The first-order chi connectivity index (χ1) is 11.6. The van der Waals surface area contributed by atoms with Gasteiger partial charge in [0.05, 0.1) is 12.2 Å². The number of hydrogen-bond acceptors (Lipinski definition) is 3. The van der Waals surface area contributed by atoms with Crippen LogP contribution in [0.4, 0.5) is 0 Å². The fourth-order valence-corrected chi connectivity index (χ4v) is 3.63. The molecule has 0 aromatic carbocycles. The molecule has 6 heteroatoms. The molecule has 1 atom stereocenters. The molecule has 0 aliphatic carbocycles. The Morgan fingerprint density at radius 1 is 1.38 bits per heavy atom. The molecule has 1 aliphatic heterocycles. The van der Waals surface area contributed by atoms with E-state index in [9.17, 15) is 4.79 Å². The molecule has 24 heavy (non-hydrogen) atoms. The van der Waals surface area contributed by atoms with Crippen LogP contribution in [0.1, 0.15) is 54.0 Å². The minimum atomic E-state index is -0.0321. The van der Waals surface area contributed by atoms with Crippen molar-refractivity contribution in [3.63, 3.8) is 0 Å². The van der Waals surface area contributed by atoms with Gasteiger partial charge < -0.3 is 9.88 Å². The number of aromatic nitrogens is 3. The number of likely N-dealkylation sites (tertiary alicyclic amines) is 1. The minimum absolute atomic E-state index is 0.0321. The highest BCUT2D eigenvalue weighted by Gasteiger charge is 2.27. The highest BCUT2D eigenvalue weighted by Crippen LogP contribution is 2.32. The van der Waals surface area contributed by atoms with Crippen LogP contribution in [-0.4, -0.2) is 38.7 Å². The number of rotatable bonds is 5. The maximum Gasteiger partial charge on any atom is 0.267 e. The molecule has 1 saturated heterocycles. The SMILES string of the molecule is CCn1cc(CN2CCCC[C@@H]2c2ccc(C(=O)NC)n2C)cn1. The van der Waals surface area contributed by atoms with E-state index in [4.69, 9.17) is 0 Å². The molecule has 6 nitrogen and oxygen atoms in total. The largest absolute Gasteiger partial charge is 0.354 e. The Labute approximate surface area is 143 Å². The summed E-state index contributed by atoms with van der Waals surface area (Å²) in [6.45, 7) is 5.00. The van der Waals surface area contributed by atoms with Gasteiger partial charge in [0.1, 0.15) is 5.69 Å². The number of carbonyl (C=O) groups is 1. The lowest BCUT2D eigenvalue weighted by atomic mass is 9.99. The van der Waals surface area contributed by atoms with Crippen LogP contribution < -0.4 is 5.32 Å². The van der Waals surface area contributed by atoms with Crippen molar-refractivity contribution in [2.75, 3.05) is 13.6 Å². The van der Waals surface area contributed by atoms with Crippen LogP contribution in [0.2, 0.25) is 0 Å². The van der Waals surface area contributed by atoms with E-state index in [1.165, 1.54) is 24.1 Å². The van der Waals surface area contributed by atoms with Gasteiger partial charge in [-0.1, -0.05) is 6.42 Å². The van der Waals surface area contributed by atoms with Crippen molar-refractivity contribution in [3.8, 4) is 0 Å². The van der Waals surface area contributed by atoms with Gasteiger partial charge in [-0.05, 0) is 38.4 Å². The van der Waals surface area contributed by atoms with Crippen molar-refractivity contribution in [1.29, 1.82) is 0 Å². The quantitative estimate of drug-likeness (QED) is 0.916. The Balaban J connectivity index is 1.82. The summed E-state index contributed by atoms with van der Waals surface area (Å²) < 4.78 is 4.01. The third kappa shape index (κ3) is 3.24. The lowest BCUT2D eigenvalue weighted by Crippen LogP contribution is -2.34. The molecular weight excluding hydrogens is 302 g/mol. The lowest BCUT2D eigenvalue weighted by molar-refractivity contribution is 0.0952. The zero-order valence-electron chi connectivity index (χ0n) is 14.8. The normalized spacial score (nSPS) is 18.7. The van der Waals surface area contributed by atoms with Crippen LogP contribution >= 0.6 is 0 Å². The lowest BCUT2D eigenvalue weighted by Gasteiger charge is -2.36. The van der Waals surface area contributed by atoms with Crippen LogP contribution in [0, 0.1) is 0 Å². The third-order valence-electron chi connectivity index (χ3n) is 4.97. The molecule has 1 aliphatic rings. The molecule has 1 N–H and O–H groups in total. The van der Waals surface area contributed by atoms with Gasteiger partial charge >= 0.3 is 0 Å². The maximum absolute atomic E-state index is 12.0. The predicted molar refractivity (Wildman–Crippen MR) is 93.7 cm³/mol. The number of hydrogen-bond donors (Lipinski definition) is 1. The summed E-state index contributed by atoms with van der Waals surface area (Å²) in [5, 5.41) is 7.10. The molecule has 3 rings (SSSR count). The summed E-state index contributed by atoms with van der Waals surface area (Å²) in [6.07, 6.45) is 7.69. The fraction of sp³-hybridized carbons (Fsp3) is 0.556. The van der Waals surface area contributed by atoms with E-state index < -0.39 is 0 Å². The summed E-state index contributed by atoms with van der Waals surface area (Å²) in [7, 11) is 3.66. The Kier molecular flexibility index (Phi) is 5.04. The van der Waals surface area contributed by atoms with Crippen LogP contribution in [-0.2, 0) is 20.1 Å². The van der Waals surface area contributed by atoms with Gasteiger partial charge in [-0.2, -0.15) is 5.10 Å². The summed E-state index contributed by atoms with van der Waals surface area (Å²) in [4.78, 5) is 14.5. The Morgan fingerprint density at radius 2 is 2.21 bits per heavy atom. The van der Waals surface area contributed by atoms with E-state index in [1.54, 1.807) is 7.05 Å². The van der Waals surface area contributed by atoms with Gasteiger partial charge in [0.15, 0.2) is 0 Å². The van der Waals surface area contributed by atoms with E-state index in [0.717, 1.165) is 31.7 Å². The Hall–Kier alpha value is -2.08. The zero-order chi connectivity index (χ0) is 17.1. The first kappa shape index (κ1) is 16.8. The molecule has 0 unspecified atom stereocenters. The summed E-state index contributed by atoms with van der Waals surface area (Å²) >= 11 is 0. The summed E-state index contributed by atoms with van der Waals surface area (Å²) in [5.41, 5.74) is 3.19. The van der Waals surface area contributed by atoms with Crippen molar-refractivity contribution >= 4 is 5.91 Å². The minimum Gasteiger partial charge on any atom is -0.354 e. The molecule has 1 fully saturated rings. The molecule has 0 saturated carbocycles. The summed E-state index contributed by atoms with van der Waals surface area (Å²) in [6, 6.07) is 4.38. The second kappa shape index (κ2) is 7.21. The topological polar surface area (TPSA) is 55.1 Å². The Morgan fingerprint density at radius 3 is 2.92 bits per heavy atom. The fourth-order valence-electron chi connectivity index (χ4n) is 3.63. The number of carbonyl (C=O) groups excluding carboxylic acids is 1. The maximum atomic E-state index is 12.0. The van der Waals surface area contributed by atoms with E-state index in [-0.39, 0.29) is 5.91 Å². The molecule has 3 heterocycles. The molecular formula is C18H27N5O. The first-order valence-corrected chi connectivity index (χ1v) is 8.77. The molecule has 0 radical (unpaired) electrons. The highest BCUT2D eigenvalue weighted by atomic mass is 16.1. The molecule has 0 bridgehead atoms. The zero-order valence-corrected chi connectivity index (χ0v) is 14.8. The molecule has 0 spiro atoms. The number of nitrogens with one attached hydrogen (secondary N) is 1. The second-order valence-electron chi connectivity index (χ2n) is 6.47.